The van der Waals surface area contributed by atoms with Gasteiger partial charge in [-0.1, -0.05) is 19.9 Å². The van der Waals surface area contributed by atoms with Gasteiger partial charge in [-0.05, 0) is 30.5 Å². The number of rotatable bonds is 7. The molecule has 1 aromatic carbocycles. The molecule has 110 valence electrons. The number of anilines is 2. The summed E-state index contributed by atoms with van der Waals surface area (Å²) in [4.78, 5) is 22.6. The van der Waals surface area contributed by atoms with Crippen molar-refractivity contribution >= 4 is 23.2 Å². The average Bonchev–Trinajstić information content (AvgIpc) is 2.35. The van der Waals surface area contributed by atoms with Crippen LogP contribution in [-0.4, -0.2) is 24.9 Å². The molecule has 0 fully saturated rings. The summed E-state index contributed by atoms with van der Waals surface area (Å²) in [5.41, 5.74) is 1.51. The third-order valence-corrected chi connectivity index (χ3v) is 2.68. The zero-order valence-corrected chi connectivity index (χ0v) is 12.3. The van der Waals surface area contributed by atoms with Crippen molar-refractivity contribution in [1.82, 2.24) is 5.32 Å². The first-order valence-corrected chi connectivity index (χ1v) is 6.85. The fourth-order valence-electron chi connectivity index (χ4n) is 1.66. The SMILES string of the molecule is CC(=O)Nc1cccc(NCC(=O)NCCC(C)C)c1. The van der Waals surface area contributed by atoms with Crippen molar-refractivity contribution in [2.24, 2.45) is 5.92 Å². The van der Waals surface area contributed by atoms with Crippen LogP contribution in [0, 0.1) is 5.92 Å². The second-order valence-electron chi connectivity index (χ2n) is 5.15. The number of carbonyl (C=O) groups excluding carboxylic acids is 2. The normalized spacial score (nSPS) is 10.2. The van der Waals surface area contributed by atoms with Crippen LogP contribution in [0.3, 0.4) is 0 Å². The van der Waals surface area contributed by atoms with Gasteiger partial charge in [0.05, 0.1) is 6.54 Å². The van der Waals surface area contributed by atoms with E-state index in [1.807, 2.05) is 12.1 Å². The maximum Gasteiger partial charge on any atom is 0.239 e. The maximum absolute atomic E-state index is 11.6. The molecule has 0 atom stereocenters. The number of hydrogen-bond acceptors (Lipinski definition) is 3. The number of hydrogen-bond donors (Lipinski definition) is 3. The van der Waals surface area contributed by atoms with Gasteiger partial charge >= 0.3 is 0 Å². The first-order chi connectivity index (χ1) is 9.47. The van der Waals surface area contributed by atoms with Gasteiger partial charge < -0.3 is 16.0 Å². The molecule has 20 heavy (non-hydrogen) atoms. The Bertz CT molecular complexity index is 458. The van der Waals surface area contributed by atoms with E-state index in [9.17, 15) is 9.59 Å². The predicted molar refractivity (Wildman–Crippen MR) is 81.7 cm³/mol. The second kappa shape index (κ2) is 8.19. The summed E-state index contributed by atoms with van der Waals surface area (Å²) in [6, 6.07) is 7.27. The molecule has 0 radical (unpaired) electrons. The number of benzene rings is 1. The predicted octanol–water partition coefficient (Wildman–Crippen LogP) is 2.22. The van der Waals surface area contributed by atoms with Crippen LogP contribution in [0.5, 0.6) is 0 Å². The molecule has 0 aromatic heterocycles. The summed E-state index contributed by atoms with van der Waals surface area (Å²) in [7, 11) is 0. The van der Waals surface area contributed by atoms with Crippen LogP contribution in [0.1, 0.15) is 27.2 Å². The second-order valence-corrected chi connectivity index (χ2v) is 5.15. The fourth-order valence-corrected chi connectivity index (χ4v) is 1.66. The van der Waals surface area contributed by atoms with Crippen LogP contribution in [0.15, 0.2) is 24.3 Å². The lowest BCUT2D eigenvalue weighted by atomic mass is 10.1. The first kappa shape index (κ1) is 16.0. The number of nitrogens with one attached hydrogen (secondary N) is 3. The molecule has 0 aliphatic rings. The summed E-state index contributed by atoms with van der Waals surface area (Å²) in [6.07, 6.45) is 0.976. The van der Waals surface area contributed by atoms with Crippen molar-refractivity contribution in [1.29, 1.82) is 0 Å². The molecule has 5 heteroatoms. The minimum absolute atomic E-state index is 0.0319. The summed E-state index contributed by atoms with van der Waals surface area (Å²) in [5, 5.41) is 8.59. The van der Waals surface area contributed by atoms with Crippen LogP contribution in [-0.2, 0) is 9.59 Å². The van der Waals surface area contributed by atoms with Gasteiger partial charge in [-0.2, -0.15) is 0 Å². The lowest BCUT2D eigenvalue weighted by Crippen LogP contribution is -2.31. The quantitative estimate of drug-likeness (QED) is 0.715. The molecule has 1 aromatic rings. The average molecular weight is 277 g/mol. The largest absolute Gasteiger partial charge is 0.376 e. The van der Waals surface area contributed by atoms with E-state index < -0.39 is 0 Å². The van der Waals surface area contributed by atoms with Crippen LogP contribution < -0.4 is 16.0 Å². The van der Waals surface area contributed by atoms with Gasteiger partial charge in [-0.25, -0.2) is 0 Å². The zero-order chi connectivity index (χ0) is 15.0. The van der Waals surface area contributed by atoms with Gasteiger partial charge in [0.1, 0.15) is 0 Å². The lowest BCUT2D eigenvalue weighted by Gasteiger charge is -2.10. The lowest BCUT2D eigenvalue weighted by molar-refractivity contribution is -0.119. The smallest absolute Gasteiger partial charge is 0.239 e. The maximum atomic E-state index is 11.6. The molecule has 5 nitrogen and oxygen atoms in total. The number of amides is 2. The molecule has 1 rings (SSSR count). The Kier molecular flexibility index (Phi) is 6.56. The molecule has 0 spiro atoms. The molecule has 0 heterocycles. The van der Waals surface area contributed by atoms with Gasteiger partial charge in [0, 0.05) is 24.8 Å². The van der Waals surface area contributed by atoms with Crippen molar-refractivity contribution in [2.75, 3.05) is 23.7 Å². The third kappa shape index (κ3) is 6.78. The summed E-state index contributed by atoms with van der Waals surface area (Å²) in [6.45, 7) is 6.63. The van der Waals surface area contributed by atoms with E-state index in [1.165, 1.54) is 6.92 Å². The standard InChI is InChI=1S/C15H23N3O2/c1-11(2)7-8-16-15(20)10-17-13-5-4-6-14(9-13)18-12(3)19/h4-6,9,11,17H,7-8,10H2,1-3H3,(H,16,20)(H,18,19). The van der Waals surface area contributed by atoms with E-state index in [2.05, 4.69) is 29.8 Å². The first-order valence-electron chi connectivity index (χ1n) is 6.85. The highest BCUT2D eigenvalue weighted by Gasteiger charge is 2.02. The highest BCUT2D eigenvalue weighted by atomic mass is 16.2. The third-order valence-electron chi connectivity index (χ3n) is 2.68. The molecule has 0 unspecified atom stereocenters. The van der Waals surface area contributed by atoms with Crippen molar-refractivity contribution in [3.05, 3.63) is 24.3 Å². The fraction of sp³-hybridized carbons (Fsp3) is 0.467. The van der Waals surface area contributed by atoms with Gasteiger partial charge in [-0.3, -0.25) is 9.59 Å². The monoisotopic (exact) mass is 277 g/mol. The summed E-state index contributed by atoms with van der Waals surface area (Å²) >= 11 is 0. The van der Waals surface area contributed by atoms with Crippen molar-refractivity contribution in [3.8, 4) is 0 Å². The molecule has 2 amide bonds. The Morgan fingerprint density at radius 1 is 1.20 bits per heavy atom. The van der Waals surface area contributed by atoms with E-state index in [0.717, 1.165) is 12.1 Å². The molecule has 0 bridgehead atoms. The van der Waals surface area contributed by atoms with Crippen molar-refractivity contribution < 1.29 is 9.59 Å². The van der Waals surface area contributed by atoms with Crippen LogP contribution in [0.2, 0.25) is 0 Å². The number of carbonyl (C=O) groups is 2. The highest BCUT2D eigenvalue weighted by Crippen LogP contribution is 2.14. The Labute approximate surface area is 120 Å². The van der Waals surface area contributed by atoms with Crippen molar-refractivity contribution in [2.45, 2.75) is 27.2 Å². The molecule has 0 saturated heterocycles. The Balaban J connectivity index is 2.37. The minimum Gasteiger partial charge on any atom is -0.376 e. The van der Waals surface area contributed by atoms with Crippen LogP contribution >= 0.6 is 0 Å². The van der Waals surface area contributed by atoms with Gasteiger partial charge in [-0.15, -0.1) is 0 Å². The van der Waals surface area contributed by atoms with Crippen molar-refractivity contribution in [3.63, 3.8) is 0 Å². The zero-order valence-electron chi connectivity index (χ0n) is 12.3. The molecule has 0 aliphatic heterocycles. The topological polar surface area (TPSA) is 70.2 Å². The Morgan fingerprint density at radius 3 is 2.55 bits per heavy atom. The molecule has 3 N–H and O–H groups in total. The van der Waals surface area contributed by atoms with Crippen LogP contribution in [0.25, 0.3) is 0 Å². The molecule has 0 aliphatic carbocycles. The molecule has 0 saturated carbocycles. The molecular weight excluding hydrogens is 254 g/mol. The Morgan fingerprint density at radius 2 is 1.90 bits per heavy atom. The van der Waals surface area contributed by atoms with Crippen LogP contribution in [0.4, 0.5) is 11.4 Å². The summed E-state index contributed by atoms with van der Waals surface area (Å²) in [5.74, 6) is 0.432. The van der Waals surface area contributed by atoms with E-state index in [4.69, 9.17) is 0 Å². The van der Waals surface area contributed by atoms with E-state index in [1.54, 1.807) is 12.1 Å². The van der Waals surface area contributed by atoms with E-state index in [0.29, 0.717) is 18.2 Å². The molecular formula is C15H23N3O2. The van der Waals surface area contributed by atoms with Gasteiger partial charge in [0.2, 0.25) is 11.8 Å². The van der Waals surface area contributed by atoms with Gasteiger partial charge in [0.15, 0.2) is 0 Å². The van der Waals surface area contributed by atoms with E-state index in [-0.39, 0.29) is 18.4 Å². The Hall–Kier alpha value is -2.04. The minimum atomic E-state index is -0.117. The summed E-state index contributed by atoms with van der Waals surface area (Å²) < 4.78 is 0. The van der Waals surface area contributed by atoms with Gasteiger partial charge in [0.25, 0.3) is 0 Å². The highest BCUT2D eigenvalue weighted by molar-refractivity contribution is 5.89. The van der Waals surface area contributed by atoms with E-state index >= 15 is 0 Å².